The number of carbonyl (C=O) groups is 1. The summed E-state index contributed by atoms with van der Waals surface area (Å²) >= 11 is 12.0. The van der Waals surface area contributed by atoms with Crippen molar-refractivity contribution in [3.05, 3.63) is 76.8 Å². The van der Waals surface area contributed by atoms with Crippen molar-refractivity contribution in [2.75, 3.05) is 29.4 Å². The van der Waals surface area contributed by atoms with Gasteiger partial charge >= 0.3 is 0 Å². The van der Waals surface area contributed by atoms with Gasteiger partial charge in [0.25, 0.3) is 10.0 Å². The Labute approximate surface area is 195 Å². The van der Waals surface area contributed by atoms with Crippen molar-refractivity contribution in [2.45, 2.75) is 4.90 Å². The molecule has 0 aromatic heterocycles. The molecule has 1 aliphatic rings. The number of anilines is 2. The number of hydrogen-bond donors (Lipinski definition) is 1. The zero-order valence-electron chi connectivity index (χ0n) is 16.6. The summed E-state index contributed by atoms with van der Waals surface area (Å²) in [4.78, 5) is 12.8. The Bertz CT molecular complexity index is 1250. The van der Waals surface area contributed by atoms with E-state index in [9.17, 15) is 13.2 Å². The molecule has 1 heterocycles. The Morgan fingerprint density at radius 2 is 1.62 bits per heavy atom. The number of nitrogens with one attached hydrogen (secondary N) is 1. The molecule has 0 radical (unpaired) electrons. The SMILES string of the molecule is O=C(CN(c1cccc(Cl)c1)S(=O)(=O)c1ccc(Cl)cc1)Nc1ccc2c(c1)OCCO2. The molecule has 0 bridgehead atoms. The van der Waals surface area contributed by atoms with Crippen LogP contribution in [0.2, 0.25) is 10.0 Å². The van der Waals surface area contributed by atoms with E-state index in [0.717, 1.165) is 4.31 Å². The lowest BCUT2D eigenvalue weighted by Crippen LogP contribution is -2.38. The average molecular weight is 493 g/mol. The van der Waals surface area contributed by atoms with Gasteiger partial charge < -0.3 is 14.8 Å². The maximum Gasteiger partial charge on any atom is 0.264 e. The quantitative estimate of drug-likeness (QED) is 0.543. The summed E-state index contributed by atoms with van der Waals surface area (Å²) in [5, 5.41) is 3.44. The molecule has 3 aromatic carbocycles. The van der Waals surface area contributed by atoms with Crippen LogP contribution < -0.4 is 19.1 Å². The van der Waals surface area contributed by atoms with Crippen LogP contribution in [0.3, 0.4) is 0 Å². The Balaban J connectivity index is 1.62. The molecular formula is C22H18Cl2N2O5S. The second-order valence-electron chi connectivity index (χ2n) is 6.85. The number of carbonyl (C=O) groups excluding carboxylic acids is 1. The molecule has 0 saturated heterocycles. The molecule has 4 rings (SSSR count). The largest absolute Gasteiger partial charge is 0.486 e. The number of nitrogens with zero attached hydrogens (tertiary/aromatic N) is 1. The Hall–Kier alpha value is -2.94. The van der Waals surface area contributed by atoms with Crippen LogP contribution in [0.15, 0.2) is 71.6 Å². The number of halogens is 2. The molecule has 0 unspecified atom stereocenters. The third kappa shape index (κ3) is 4.93. The van der Waals surface area contributed by atoms with Gasteiger partial charge in [-0.15, -0.1) is 0 Å². The van der Waals surface area contributed by atoms with Crippen LogP contribution in [-0.4, -0.2) is 34.1 Å². The average Bonchev–Trinajstić information content (AvgIpc) is 2.77. The molecule has 0 saturated carbocycles. The van der Waals surface area contributed by atoms with Gasteiger partial charge in [-0.05, 0) is 54.6 Å². The van der Waals surface area contributed by atoms with Gasteiger partial charge in [-0.2, -0.15) is 0 Å². The molecule has 1 amide bonds. The highest BCUT2D eigenvalue weighted by Gasteiger charge is 2.27. The summed E-state index contributed by atoms with van der Waals surface area (Å²) < 4.78 is 38.7. The second kappa shape index (κ2) is 9.28. The normalized spacial score (nSPS) is 12.8. The van der Waals surface area contributed by atoms with Crippen molar-refractivity contribution < 1.29 is 22.7 Å². The predicted molar refractivity (Wildman–Crippen MR) is 123 cm³/mol. The predicted octanol–water partition coefficient (Wildman–Crippen LogP) is 4.60. The zero-order chi connectivity index (χ0) is 22.7. The standard InChI is InChI=1S/C22H18Cl2N2O5S/c23-15-4-7-19(8-5-15)32(28,29)26(18-3-1-2-16(24)12-18)14-22(27)25-17-6-9-20-21(13-17)31-11-10-30-20/h1-9,12-13H,10-11,14H2,(H,25,27). The number of ether oxygens (including phenoxy) is 2. The van der Waals surface area contributed by atoms with Gasteiger partial charge in [-0.25, -0.2) is 8.42 Å². The van der Waals surface area contributed by atoms with Gasteiger partial charge in [0.05, 0.1) is 10.6 Å². The van der Waals surface area contributed by atoms with Crippen molar-refractivity contribution in [1.82, 2.24) is 0 Å². The minimum Gasteiger partial charge on any atom is -0.486 e. The molecule has 1 aliphatic heterocycles. The van der Waals surface area contributed by atoms with E-state index in [-0.39, 0.29) is 10.6 Å². The van der Waals surface area contributed by atoms with Crippen LogP contribution in [0, 0.1) is 0 Å². The van der Waals surface area contributed by atoms with E-state index in [0.29, 0.717) is 40.4 Å². The highest BCUT2D eigenvalue weighted by molar-refractivity contribution is 7.92. The smallest absolute Gasteiger partial charge is 0.264 e. The Morgan fingerprint density at radius 3 is 2.34 bits per heavy atom. The molecule has 3 aromatic rings. The second-order valence-corrected chi connectivity index (χ2v) is 9.59. The van der Waals surface area contributed by atoms with Crippen LogP contribution in [0.1, 0.15) is 0 Å². The van der Waals surface area contributed by atoms with Gasteiger partial charge in [0, 0.05) is 21.8 Å². The van der Waals surface area contributed by atoms with Crippen LogP contribution >= 0.6 is 23.2 Å². The maximum absolute atomic E-state index is 13.4. The topological polar surface area (TPSA) is 84.9 Å². The van der Waals surface area contributed by atoms with E-state index in [1.54, 1.807) is 36.4 Å². The Morgan fingerprint density at radius 1 is 0.906 bits per heavy atom. The highest BCUT2D eigenvalue weighted by Crippen LogP contribution is 2.33. The first-order valence-electron chi connectivity index (χ1n) is 9.56. The van der Waals surface area contributed by atoms with Gasteiger partial charge in [0.1, 0.15) is 19.8 Å². The molecule has 166 valence electrons. The minimum atomic E-state index is -4.08. The fraction of sp³-hybridized carbons (Fsp3) is 0.136. The molecule has 0 spiro atoms. The van der Waals surface area contributed by atoms with Crippen LogP contribution in [-0.2, 0) is 14.8 Å². The van der Waals surface area contributed by atoms with Crippen LogP contribution in [0.25, 0.3) is 0 Å². The molecule has 32 heavy (non-hydrogen) atoms. The maximum atomic E-state index is 13.4. The first kappa shape index (κ1) is 22.3. The van der Waals surface area contributed by atoms with E-state index in [1.165, 1.54) is 30.3 Å². The third-order valence-corrected chi connectivity index (χ3v) is 6.89. The van der Waals surface area contributed by atoms with E-state index < -0.39 is 22.5 Å². The molecule has 0 aliphatic carbocycles. The van der Waals surface area contributed by atoms with E-state index in [4.69, 9.17) is 32.7 Å². The van der Waals surface area contributed by atoms with Crippen LogP contribution in [0.5, 0.6) is 11.5 Å². The monoisotopic (exact) mass is 492 g/mol. The summed E-state index contributed by atoms with van der Waals surface area (Å²) in [5.74, 6) is 0.550. The molecule has 0 fully saturated rings. The zero-order valence-corrected chi connectivity index (χ0v) is 19.0. The van der Waals surface area contributed by atoms with Gasteiger partial charge in [-0.3, -0.25) is 9.10 Å². The van der Waals surface area contributed by atoms with E-state index in [2.05, 4.69) is 5.32 Å². The summed E-state index contributed by atoms with van der Waals surface area (Å²) in [6.07, 6.45) is 0. The van der Waals surface area contributed by atoms with Gasteiger partial charge in [-0.1, -0.05) is 29.3 Å². The highest BCUT2D eigenvalue weighted by atomic mass is 35.5. The fourth-order valence-electron chi connectivity index (χ4n) is 3.13. The lowest BCUT2D eigenvalue weighted by Gasteiger charge is -2.24. The lowest BCUT2D eigenvalue weighted by atomic mass is 10.2. The molecular weight excluding hydrogens is 475 g/mol. The molecule has 7 nitrogen and oxygen atoms in total. The van der Waals surface area contributed by atoms with Crippen molar-refractivity contribution in [3.63, 3.8) is 0 Å². The van der Waals surface area contributed by atoms with Crippen molar-refractivity contribution in [2.24, 2.45) is 0 Å². The first-order valence-corrected chi connectivity index (χ1v) is 11.8. The number of benzene rings is 3. The van der Waals surface area contributed by atoms with E-state index >= 15 is 0 Å². The number of hydrogen-bond acceptors (Lipinski definition) is 5. The van der Waals surface area contributed by atoms with Gasteiger partial charge in [0.2, 0.25) is 5.91 Å². The first-order chi connectivity index (χ1) is 15.3. The third-order valence-electron chi connectivity index (χ3n) is 4.61. The lowest BCUT2D eigenvalue weighted by molar-refractivity contribution is -0.114. The number of sulfonamides is 1. The summed E-state index contributed by atoms with van der Waals surface area (Å²) in [6.45, 7) is 0.391. The Kier molecular flexibility index (Phi) is 6.45. The number of amides is 1. The summed E-state index contributed by atoms with van der Waals surface area (Å²) in [7, 11) is -4.08. The number of rotatable bonds is 6. The van der Waals surface area contributed by atoms with Crippen molar-refractivity contribution >= 4 is 50.5 Å². The minimum absolute atomic E-state index is 0.00555. The fourth-order valence-corrected chi connectivity index (χ4v) is 4.86. The van der Waals surface area contributed by atoms with Gasteiger partial charge in [0.15, 0.2) is 11.5 Å². The molecule has 1 N–H and O–H groups in total. The van der Waals surface area contributed by atoms with Crippen molar-refractivity contribution in [3.8, 4) is 11.5 Å². The van der Waals surface area contributed by atoms with E-state index in [1.807, 2.05) is 0 Å². The number of fused-ring (bicyclic) bond motifs is 1. The van der Waals surface area contributed by atoms with Crippen LogP contribution in [0.4, 0.5) is 11.4 Å². The molecule has 0 atom stereocenters. The molecule has 10 heteroatoms. The summed E-state index contributed by atoms with van der Waals surface area (Å²) in [6, 6.07) is 17.0. The van der Waals surface area contributed by atoms with Crippen molar-refractivity contribution in [1.29, 1.82) is 0 Å². The summed E-state index contributed by atoms with van der Waals surface area (Å²) in [5.41, 5.74) is 0.707.